The van der Waals surface area contributed by atoms with E-state index < -0.39 is 24.5 Å². The predicted molar refractivity (Wildman–Crippen MR) is 111 cm³/mol. The Bertz CT molecular complexity index is 1080. The van der Waals surface area contributed by atoms with Crippen LogP contribution in [0.15, 0.2) is 40.9 Å². The van der Waals surface area contributed by atoms with Crippen molar-refractivity contribution in [3.8, 4) is 5.75 Å². The van der Waals surface area contributed by atoms with Crippen LogP contribution in [0.4, 0.5) is 5.82 Å². The van der Waals surface area contributed by atoms with Crippen molar-refractivity contribution in [2.24, 2.45) is 5.73 Å². The number of hydrogen-bond acceptors (Lipinski definition) is 7. The molecule has 30 heavy (non-hydrogen) atoms. The lowest BCUT2D eigenvalue weighted by atomic mass is 10.1. The third kappa shape index (κ3) is 4.36. The molecule has 9 heteroatoms. The van der Waals surface area contributed by atoms with Gasteiger partial charge in [-0.05, 0) is 31.2 Å². The van der Waals surface area contributed by atoms with Crippen molar-refractivity contribution in [3.63, 3.8) is 0 Å². The molecule has 1 atom stereocenters. The van der Waals surface area contributed by atoms with Crippen LogP contribution in [-0.2, 0) is 11.4 Å². The van der Waals surface area contributed by atoms with Crippen LogP contribution in [0.3, 0.4) is 0 Å². The van der Waals surface area contributed by atoms with Crippen molar-refractivity contribution in [2.45, 2.75) is 19.6 Å². The SMILES string of the molecule is Cc1oc2ccc(OCc3cccnc3N(C)C)cc2c1C(=O)N[C@@H](CO)C(N)=O. The standard InChI is InChI=1S/C21H24N4O5/c1-12-18(21(28)24-16(10-26)19(22)27)15-9-14(6-7-17(15)30-12)29-11-13-5-4-8-23-20(13)25(2)3/h4-9,16,26H,10-11H2,1-3H3,(H2,22,27)(H,24,28)/t16-/m0/s1. The van der Waals surface area contributed by atoms with Crippen molar-refractivity contribution >= 4 is 28.6 Å². The highest BCUT2D eigenvalue weighted by molar-refractivity contribution is 6.08. The molecule has 2 heterocycles. The van der Waals surface area contributed by atoms with Crippen LogP contribution in [0, 0.1) is 6.92 Å². The number of aryl methyl sites for hydroxylation is 1. The number of amides is 2. The van der Waals surface area contributed by atoms with Gasteiger partial charge in [0.2, 0.25) is 5.91 Å². The average molecular weight is 412 g/mol. The smallest absolute Gasteiger partial charge is 0.256 e. The number of rotatable bonds is 8. The molecule has 158 valence electrons. The van der Waals surface area contributed by atoms with Gasteiger partial charge in [-0.3, -0.25) is 9.59 Å². The van der Waals surface area contributed by atoms with Crippen molar-refractivity contribution < 1.29 is 23.8 Å². The van der Waals surface area contributed by atoms with Gasteiger partial charge in [-0.15, -0.1) is 0 Å². The lowest BCUT2D eigenvalue weighted by Crippen LogP contribution is -2.46. The number of ether oxygens (including phenoxy) is 1. The summed E-state index contributed by atoms with van der Waals surface area (Å²) in [5, 5.41) is 12.2. The van der Waals surface area contributed by atoms with Gasteiger partial charge in [0, 0.05) is 31.2 Å². The summed E-state index contributed by atoms with van der Waals surface area (Å²) in [6, 6.07) is 7.75. The molecular weight excluding hydrogens is 388 g/mol. The summed E-state index contributed by atoms with van der Waals surface area (Å²) in [7, 11) is 3.81. The maximum atomic E-state index is 12.7. The molecule has 2 amide bonds. The van der Waals surface area contributed by atoms with E-state index in [9.17, 15) is 14.7 Å². The molecule has 3 aromatic rings. The van der Waals surface area contributed by atoms with E-state index in [1.807, 2.05) is 31.1 Å². The van der Waals surface area contributed by atoms with Crippen molar-refractivity contribution in [1.82, 2.24) is 10.3 Å². The normalized spacial score (nSPS) is 11.9. The van der Waals surface area contributed by atoms with Crippen molar-refractivity contribution in [1.29, 1.82) is 0 Å². The first-order valence-corrected chi connectivity index (χ1v) is 9.30. The molecule has 0 aliphatic heterocycles. The van der Waals surface area contributed by atoms with Crippen molar-refractivity contribution in [2.75, 3.05) is 25.6 Å². The predicted octanol–water partition coefficient (Wildman–Crippen LogP) is 1.36. The number of nitrogens with one attached hydrogen (secondary N) is 1. The molecule has 0 aliphatic rings. The second kappa shape index (κ2) is 8.83. The number of aliphatic hydroxyl groups excluding tert-OH is 1. The van der Waals surface area contributed by atoms with Crippen LogP contribution in [0.2, 0.25) is 0 Å². The molecule has 0 saturated carbocycles. The third-order valence-electron chi connectivity index (χ3n) is 4.58. The molecule has 0 bridgehead atoms. The quantitative estimate of drug-likeness (QED) is 0.509. The minimum atomic E-state index is -1.18. The van der Waals surface area contributed by atoms with E-state index >= 15 is 0 Å². The summed E-state index contributed by atoms with van der Waals surface area (Å²) in [6.45, 7) is 1.34. The Labute approximate surface area is 173 Å². The molecule has 0 fully saturated rings. The van der Waals surface area contributed by atoms with Crippen LogP contribution >= 0.6 is 0 Å². The van der Waals surface area contributed by atoms with E-state index in [1.165, 1.54) is 0 Å². The van der Waals surface area contributed by atoms with Gasteiger partial charge in [0.25, 0.3) is 5.91 Å². The molecule has 3 rings (SSSR count). The zero-order valence-corrected chi connectivity index (χ0v) is 17.0. The van der Waals surface area contributed by atoms with E-state index in [2.05, 4.69) is 10.3 Å². The second-order valence-corrected chi connectivity index (χ2v) is 6.97. The lowest BCUT2D eigenvalue weighted by Gasteiger charge is -2.16. The number of anilines is 1. The summed E-state index contributed by atoms with van der Waals surface area (Å²) >= 11 is 0. The molecule has 1 aromatic carbocycles. The van der Waals surface area contributed by atoms with Gasteiger partial charge in [0.1, 0.15) is 35.6 Å². The van der Waals surface area contributed by atoms with Gasteiger partial charge in [-0.2, -0.15) is 0 Å². The van der Waals surface area contributed by atoms with Crippen LogP contribution in [-0.4, -0.2) is 48.6 Å². The number of furan rings is 1. The monoisotopic (exact) mass is 412 g/mol. The second-order valence-electron chi connectivity index (χ2n) is 6.97. The topological polar surface area (TPSA) is 131 Å². The Morgan fingerprint density at radius 2 is 2.10 bits per heavy atom. The van der Waals surface area contributed by atoms with Gasteiger partial charge in [0.05, 0.1) is 12.2 Å². The van der Waals surface area contributed by atoms with Crippen LogP contribution in [0.1, 0.15) is 21.7 Å². The molecule has 9 nitrogen and oxygen atoms in total. The molecule has 0 radical (unpaired) electrons. The minimum Gasteiger partial charge on any atom is -0.489 e. The first-order chi connectivity index (χ1) is 14.3. The molecule has 0 aliphatic carbocycles. The lowest BCUT2D eigenvalue weighted by molar-refractivity contribution is -0.120. The Kier molecular flexibility index (Phi) is 6.22. The number of primary amides is 1. The Morgan fingerprint density at radius 1 is 1.33 bits per heavy atom. The van der Waals surface area contributed by atoms with E-state index in [0.29, 0.717) is 29.1 Å². The Hall–Kier alpha value is -3.59. The first kappa shape index (κ1) is 21.1. The molecule has 4 N–H and O–H groups in total. The third-order valence-corrected chi connectivity index (χ3v) is 4.58. The van der Waals surface area contributed by atoms with E-state index in [0.717, 1.165) is 11.4 Å². The molecule has 0 spiro atoms. The minimum absolute atomic E-state index is 0.255. The number of pyridine rings is 1. The summed E-state index contributed by atoms with van der Waals surface area (Å²) in [5.41, 5.74) is 6.85. The Balaban J connectivity index is 1.86. The number of aromatic nitrogens is 1. The number of fused-ring (bicyclic) bond motifs is 1. The van der Waals surface area contributed by atoms with E-state index in [1.54, 1.807) is 31.3 Å². The van der Waals surface area contributed by atoms with E-state index in [-0.39, 0.29) is 5.56 Å². The number of nitrogens with two attached hydrogens (primary N) is 1. The number of hydrogen-bond donors (Lipinski definition) is 3. The maximum Gasteiger partial charge on any atom is 0.256 e. The van der Waals surface area contributed by atoms with Crippen LogP contribution in [0.5, 0.6) is 5.75 Å². The highest BCUT2D eigenvalue weighted by atomic mass is 16.5. The molecule has 2 aromatic heterocycles. The van der Waals surface area contributed by atoms with Crippen molar-refractivity contribution in [3.05, 3.63) is 53.4 Å². The summed E-state index contributed by atoms with van der Waals surface area (Å²) in [5.74, 6) is 0.332. The summed E-state index contributed by atoms with van der Waals surface area (Å²) in [4.78, 5) is 30.3. The highest BCUT2D eigenvalue weighted by Gasteiger charge is 2.23. The Morgan fingerprint density at radius 3 is 2.77 bits per heavy atom. The zero-order chi connectivity index (χ0) is 21.8. The largest absolute Gasteiger partial charge is 0.489 e. The van der Waals surface area contributed by atoms with E-state index in [4.69, 9.17) is 14.9 Å². The fourth-order valence-electron chi connectivity index (χ4n) is 3.11. The van der Waals surface area contributed by atoms with Gasteiger partial charge in [-0.1, -0.05) is 6.07 Å². The fourth-order valence-corrected chi connectivity index (χ4v) is 3.11. The average Bonchev–Trinajstić information content (AvgIpc) is 3.05. The van der Waals surface area contributed by atoms with Gasteiger partial charge in [0.15, 0.2) is 0 Å². The number of nitrogens with zero attached hydrogens (tertiary/aromatic N) is 2. The number of aliphatic hydroxyl groups is 1. The van der Waals surface area contributed by atoms with Gasteiger partial charge >= 0.3 is 0 Å². The zero-order valence-electron chi connectivity index (χ0n) is 17.0. The number of carbonyl (C=O) groups excluding carboxylic acids is 2. The number of benzene rings is 1. The highest BCUT2D eigenvalue weighted by Crippen LogP contribution is 2.30. The molecule has 0 unspecified atom stereocenters. The maximum absolute atomic E-state index is 12.7. The summed E-state index contributed by atoms with van der Waals surface area (Å²) < 4.78 is 11.6. The van der Waals surface area contributed by atoms with Crippen LogP contribution < -0.4 is 20.7 Å². The van der Waals surface area contributed by atoms with Gasteiger partial charge < -0.3 is 30.2 Å². The summed E-state index contributed by atoms with van der Waals surface area (Å²) in [6.07, 6.45) is 1.72. The van der Waals surface area contributed by atoms with Crippen LogP contribution in [0.25, 0.3) is 11.0 Å². The van der Waals surface area contributed by atoms with Gasteiger partial charge in [-0.25, -0.2) is 4.98 Å². The fraction of sp³-hybridized carbons (Fsp3) is 0.286. The molecular formula is C21H24N4O5. The number of carbonyl (C=O) groups is 2. The molecule has 0 saturated heterocycles. The first-order valence-electron chi connectivity index (χ1n) is 9.30.